The van der Waals surface area contributed by atoms with Crippen molar-refractivity contribution in [2.45, 2.75) is 32.7 Å². The largest absolute Gasteiger partial charge is 0.315 e. The zero-order valence-electron chi connectivity index (χ0n) is 11.1. The molecule has 0 spiro atoms. The van der Waals surface area contributed by atoms with Crippen LogP contribution in [0.3, 0.4) is 0 Å². The van der Waals surface area contributed by atoms with Gasteiger partial charge in [-0.15, -0.1) is 0 Å². The van der Waals surface area contributed by atoms with Gasteiger partial charge in [0.05, 0.1) is 5.75 Å². The van der Waals surface area contributed by atoms with Crippen molar-refractivity contribution in [2.24, 2.45) is 0 Å². The molecule has 108 valence electrons. The highest BCUT2D eigenvalue weighted by Crippen LogP contribution is 2.03. The summed E-state index contributed by atoms with van der Waals surface area (Å²) in [5.41, 5.74) is -0.372. The van der Waals surface area contributed by atoms with Crippen LogP contribution in [0.2, 0.25) is 0 Å². The Kier molecular flexibility index (Phi) is 5.97. The van der Waals surface area contributed by atoms with Crippen molar-refractivity contribution in [3.63, 3.8) is 0 Å². The van der Waals surface area contributed by atoms with E-state index in [4.69, 9.17) is 0 Å². The molecule has 1 aromatic rings. The first-order valence-electron chi connectivity index (χ1n) is 6.19. The lowest BCUT2D eigenvalue weighted by molar-refractivity contribution is 0.561. The first kappa shape index (κ1) is 15.6. The summed E-state index contributed by atoms with van der Waals surface area (Å²) in [7, 11) is -3.41. The van der Waals surface area contributed by atoms with Gasteiger partial charge in [0.2, 0.25) is 10.0 Å². The topological polar surface area (TPSA) is 104 Å². The molecular formula is C11H20N4O3S. The third-order valence-electron chi connectivity index (χ3n) is 2.33. The van der Waals surface area contributed by atoms with E-state index in [0.29, 0.717) is 12.5 Å². The molecule has 0 aromatic carbocycles. The molecular weight excluding hydrogens is 268 g/mol. The van der Waals surface area contributed by atoms with Gasteiger partial charge in [-0.05, 0) is 25.5 Å². The minimum Gasteiger partial charge on any atom is -0.315 e. The summed E-state index contributed by atoms with van der Waals surface area (Å²) in [6, 6.07) is 2.95. The summed E-state index contributed by atoms with van der Waals surface area (Å²) in [4.78, 5) is 10.8. The van der Waals surface area contributed by atoms with Crippen molar-refractivity contribution in [2.75, 3.05) is 17.0 Å². The van der Waals surface area contributed by atoms with E-state index in [1.165, 1.54) is 12.1 Å². The Balaban J connectivity index is 2.36. The second kappa shape index (κ2) is 7.25. The molecule has 0 fully saturated rings. The van der Waals surface area contributed by atoms with Crippen LogP contribution in [0.15, 0.2) is 16.9 Å². The first-order chi connectivity index (χ1) is 8.89. The molecule has 1 aromatic heterocycles. The average Bonchev–Trinajstić information content (AvgIpc) is 2.31. The second-order valence-electron chi connectivity index (χ2n) is 4.54. The highest BCUT2D eigenvalue weighted by molar-refractivity contribution is 7.92. The van der Waals surface area contributed by atoms with E-state index in [1.807, 2.05) is 13.8 Å². The van der Waals surface area contributed by atoms with E-state index >= 15 is 0 Å². The number of unbranched alkanes of at least 4 members (excludes halogenated alkanes) is 1. The van der Waals surface area contributed by atoms with Crippen LogP contribution in [0.4, 0.5) is 5.82 Å². The van der Waals surface area contributed by atoms with Crippen molar-refractivity contribution in [1.29, 1.82) is 0 Å². The van der Waals surface area contributed by atoms with Gasteiger partial charge >= 0.3 is 0 Å². The Bertz CT molecular complexity index is 519. The zero-order valence-corrected chi connectivity index (χ0v) is 12.0. The molecule has 0 aliphatic rings. The Labute approximate surface area is 112 Å². The average molecular weight is 288 g/mol. The third-order valence-corrected chi connectivity index (χ3v) is 3.68. The van der Waals surface area contributed by atoms with E-state index in [0.717, 1.165) is 13.0 Å². The molecule has 0 aliphatic carbocycles. The molecule has 19 heavy (non-hydrogen) atoms. The summed E-state index contributed by atoms with van der Waals surface area (Å²) in [5.74, 6) is 0.160. The predicted octanol–water partition coefficient (Wildman–Crippen LogP) is 0.290. The third kappa shape index (κ3) is 6.92. The molecule has 0 aliphatic heterocycles. The Morgan fingerprint density at radius 2 is 2.05 bits per heavy atom. The molecule has 8 heteroatoms. The number of hydrogen-bond donors (Lipinski definition) is 3. The van der Waals surface area contributed by atoms with Crippen LogP contribution in [-0.4, -0.2) is 37.0 Å². The second-order valence-corrected chi connectivity index (χ2v) is 6.39. The van der Waals surface area contributed by atoms with E-state index in [1.54, 1.807) is 0 Å². The van der Waals surface area contributed by atoms with Crippen LogP contribution in [0.5, 0.6) is 0 Å². The molecule has 1 rings (SSSR count). The van der Waals surface area contributed by atoms with Crippen LogP contribution < -0.4 is 15.6 Å². The van der Waals surface area contributed by atoms with E-state index in [-0.39, 0.29) is 17.1 Å². The number of hydrogen-bond acceptors (Lipinski definition) is 5. The van der Waals surface area contributed by atoms with Gasteiger partial charge in [-0.25, -0.2) is 13.5 Å². The number of aromatic nitrogens is 2. The van der Waals surface area contributed by atoms with Crippen molar-refractivity contribution in [3.8, 4) is 0 Å². The summed E-state index contributed by atoms with van der Waals surface area (Å²) < 4.78 is 25.8. The fraction of sp³-hybridized carbons (Fsp3) is 0.636. The summed E-state index contributed by atoms with van der Waals surface area (Å²) in [6.45, 7) is 4.88. The van der Waals surface area contributed by atoms with E-state index in [2.05, 4.69) is 20.2 Å². The monoisotopic (exact) mass is 288 g/mol. The SMILES string of the molecule is CC(C)NCCCCS(=O)(=O)Nc1ccc(=O)[nH]n1. The lowest BCUT2D eigenvalue weighted by atomic mass is 10.3. The van der Waals surface area contributed by atoms with Crippen LogP contribution in [0.25, 0.3) is 0 Å². The van der Waals surface area contributed by atoms with E-state index in [9.17, 15) is 13.2 Å². The van der Waals surface area contributed by atoms with Gasteiger partial charge in [-0.2, -0.15) is 5.10 Å². The number of anilines is 1. The Morgan fingerprint density at radius 1 is 1.32 bits per heavy atom. The Morgan fingerprint density at radius 3 is 2.63 bits per heavy atom. The number of rotatable bonds is 8. The number of H-pyrrole nitrogens is 1. The van der Waals surface area contributed by atoms with Crippen molar-refractivity contribution in [1.82, 2.24) is 15.5 Å². The predicted molar refractivity (Wildman–Crippen MR) is 74.6 cm³/mol. The maximum atomic E-state index is 11.7. The lowest BCUT2D eigenvalue weighted by Crippen LogP contribution is -2.24. The van der Waals surface area contributed by atoms with Crippen LogP contribution >= 0.6 is 0 Å². The number of nitrogens with one attached hydrogen (secondary N) is 3. The fourth-order valence-corrected chi connectivity index (χ4v) is 2.54. The van der Waals surface area contributed by atoms with Gasteiger partial charge in [0, 0.05) is 12.1 Å². The highest BCUT2D eigenvalue weighted by Gasteiger charge is 2.10. The maximum Gasteiger partial charge on any atom is 0.264 e. The highest BCUT2D eigenvalue weighted by atomic mass is 32.2. The van der Waals surface area contributed by atoms with Crippen LogP contribution in [0.1, 0.15) is 26.7 Å². The van der Waals surface area contributed by atoms with Crippen LogP contribution in [0, 0.1) is 0 Å². The van der Waals surface area contributed by atoms with Crippen molar-refractivity contribution in [3.05, 3.63) is 22.5 Å². The van der Waals surface area contributed by atoms with Crippen LogP contribution in [-0.2, 0) is 10.0 Å². The molecule has 0 amide bonds. The molecule has 0 bridgehead atoms. The van der Waals surface area contributed by atoms with Gasteiger partial charge in [-0.1, -0.05) is 13.8 Å². The fourth-order valence-electron chi connectivity index (χ4n) is 1.42. The quantitative estimate of drug-likeness (QED) is 0.596. The Hall–Kier alpha value is -1.41. The number of sulfonamides is 1. The molecule has 7 nitrogen and oxygen atoms in total. The minimum atomic E-state index is -3.41. The summed E-state index contributed by atoms with van der Waals surface area (Å²) in [5, 5.41) is 8.98. The van der Waals surface area contributed by atoms with Gasteiger partial charge in [-0.3, -0.25) is 9.52 Å². The molecule has 0 saturated heterocycles. The summed E-state index contributed by atoms with van der Waals surface area (Å²) >= 11 is 0. The lowest BCUT2D eigenvalue weighted by Gasteiger charge is -2.08. The summed E-state index contributed by atoms with van der Waals surface area (Å²) in [6.07, 6.45) is 1.36. The van der Waals surface area contributed by atoms with Gasteiger partial charge in [0.1, 0.15) is 0 Å². The number of aromatic amines is 1. The first-order valence-corrected chi connectivity index (χ1v) is 7.84. The minimum absolute atomic E-state index is 0.0353. The smallest absolute Gasteiger partial charge is 0.264 e. The van der Waals surface area contributed by atoms with Gasteiger partial charge in [0.15, 0.2) is 5.82 Å². The standard InChI is InChI=1S/C11H20N4O3S/c1-9(2)12-7-3-4-8-19(17,18)15-10-5-6-11(16)14-13-10/h5-6,9,12H,3-4,7-8H2,1-2H3,(H,13,15)(H,14,16). The molecule has 0 radical (unpaired) electrons. The zero-order chi connectivity index (χ0) is 14.3. The molecule has 0 unspecified atom stereocenters. The van der Waals surface area contributed by atoms with Gasteiger partial charge < -0.3 is 5.32 Å². The number of nitrogens with zero attached hydrogens (tertiary/aromatic N) is 1. The molecule has 1 heterocycles. The van der Waals surface area contributed by atoms with E-state index < -0.39 is 10.0 Å². The molecule has 3 N–H and O–H groups in total. The van der Waals surface area contributed by atoms with Crippen molar-refractivity contribution >= 4 is 15.8 Å². The normalized spacial score (nSPS) is 11.7. The molecule has 0 saturated carbocycles. The van der Waals surface area contributed by atoms with Gasteiger partial charge in [0.25, 0.3) is 5.56 Å². The molecule has 0 atom stereocenters. The maximum absolute atomic E-state index is 11.7. The van der Waals surface area contributed by atoms with Crippen molar-refractivity contribution < 1.29 is 8.42 Å².